The molecule has 0 unspecified atom stereocenters. The molecule has 55 heavy (non-hydrogen) atoms. The van der Waals surface area contributed by atoms with Gasteiger partial charge in [0.1, 0.15) is 11.5 Å². The van der Waals surface area contributed by atoms with Crippen LogP contribution < -0.4 is 4.74 Å². The van der Waals surface area contributed by atoms with Crippen LogP contribution in [0.5, 0.6) is 11.5 Å². The second-order valence-electron chi connectivity index (χ2n) is 14.3. The van der Waals surface area contributed by atoms with E-state index in [-0.39, 0.29) is 0 Å². The van der Waals surface area contributed by atoms with Gasteiger partial charge in [0.05, 0.1) is 16.4 Å². The van der Waals surface area contributed by atoms with E-state index in [1.165, 1.54) is 38.4 Å². The van der Waals surface area contributed by atoms with E-state index in [1.807, 2.05) is 36.4 Å². The lowest BCUT2D eigenvalue weighted by atomic mass is 9.66. The first-order valence-corrected chi connectivity index (χ1v) is 18.6. The van der Waals surface area contributed by atoms with Crippen molar-refractivity contribution in [1.29, 1.82) is 0 Å². The van der Waals surface area contributed by atoms with Gasteiger partial charge in [-0.1, -0.05) is 152 Å². The largest absolute Gasteiger partial charge is 0.457 e. The molecule has 1 aliphatic carbocycles. The summed E-state index contributed by atoms with van der Waals surface area (Å²) in [7, 11) is 0. The van der Waals surface area contributed by atoms with Crippen molar-refractivity contribution in [2.75, 3.05) is 0 Å². The zero-order valence-corrected chi connectivity index (χ0v) is 29.5. The third kappa shape index (κ3) is 4.15. The number of hydrogen-bond acceptors (Lipinski definition) is 4. The molecule has 0 fully saturated rings. The fraction of sp³-hybridized carbons (Fsp3) is 0.0200. The normalized spacial score (nSPS) is 13.4. The quantitative estimate of drug-likeness (QED) is 0.184. The van der Waals surface area contributed by atoms with Crippen LogP contribution in [0, 0.1) is 0 Å². The molecule has 0 saturated heterocycles. The molecule has 0 amide bonds. The predicted molar refractivity (Wildman–Crippen MR) is 220 cm³/mol. The van der Waals surface area contributed by atoms with Gasteiger partial charge in [-0.2, -0.15) is 9.97 Å². The fourth-order valence-electron chi connectivity index (χ4n) is 9.24. The van der Waals surface area contributed by atoms with E-state index in [9.17, 15) is 0 Å². The number of para-hydroxylation sites is 2. The van der Waals surface area contributed by atoms with Crippen LogP contribution in [-0.2, 0) is 5.41 Å². The second-order valence-corrected chi connectivity index (χ2v) is 14.3. The molecule has 256 valence electrons. The molecule has 0 bridgehead atoms. The SMILES string of the molecule is c1ccc(-c2nc(-c3ccccc3)nc(-n3c4cc5c(cc4c4c6ccccc6ccc43)C3(c4ccccc4Oc4ccccc43)c3ccccc3-5)n2)cc1. The van der Waals surface area contributed by atoms with Gasteiger partial charge in [0, 0.05) is 33.0 Å². The van der Waals surface area contributed by atoms with Crippen molar-refractivity contribution in [2.45, 2.75) is 5.41 Å². The molecule has 1 aliphatic heterocycles. The minimum Gasteiger partial charge on any atom is -0.457 e. The summed E-state index contributed by atoms with van der Waals surface area (Å²) in [6.45, 7) is 0. The molecule has 0 atom stereocenters. The molecule has 2 aliphatic rings. The van der Waals surface area contributed by atoms with Crippen LogP contribution >= 0.6 is 0 Å². The summed E-state index contributed by atoms with van der Waals surface area (Å²) in [5, 5.41) is 4.67. The highest BCUT2D eigenvalue weighted by Crippen LogP contribution is 2.62. The Bertz CT molecular complexity index is 3080. The Morgan fingerprint density at radius 1 is 0.418 bits per heavy atom. The van der Waals surface area contributed by atoms with Gasteiger partial charge in [-0.25, -0.2) is 4.98 Å². The van der Waals surface area contributed by atoms with Crippen molar-refractivity contribution in [3.05, 3.63) is 204 Å². The molecule has 10 aromatic rings. The van der Waals surface area contributed by atoms with Crippen LogP contribution in [0.2, 0.25) is 0 Å². The molecule has 12 rings (SSSR count). The van der Waals surface area contributed by atoms with E-state index in [1.54, 1.807) is 0 Å². The Hall–Kier alpha value is -7.37. The molecule has 0 radical (unpaired) electrons. The van der Waals surface area contributed by atoms with Crippen molar-refractivity contribution in [1.82, 2.24) is 19.5 Å². The minimum atomic E-state index is -0.585. The lowest BCUT2D eigenvalue weighted by Crippen LogP contribution is -2.32. The molecule has 0 N–H and O–H groups in total. The lowest BCUT2D eigenvalue weighted by Gasteiger charge is -2.39. The molecule has 5 heteroatoms. The molecule has 8 aromatic carbocycles. The van der Waals surface area contributed by atoms with Crippen molar-refractivity contribution in [3.8, 4) is 51.3 Å². The average Bonchev–Trinajstić information content (AvgIpc) is 3.73. The van der Waals surface area contributed by atoms with E-state index in [4.69, 9.17) is 19.7 Å². The first-order chi connectivity index (χ1) is 27.3. The zero-order valence-electron chi connectivity index (χ0n) is 29.5. The predicted octanol–water partition coefficient (Wildman–Crippen LogP) is 11.9. The Labute approximate surface area is 316 Å². The number of ether oxygens (including phenoxy) is 1. The number of hydrogen-bond donors (Lipinski definition) is 0. The lowest BCUT2D eigenvalue weighted by molar-refractivity contribution is 0.436. The number of aromatic nitrogens is 4. The van der Waals surface area contributed by atoms with Gasteiger partial charge < -0.3 is 4.74 Å². The maximum Gasteiger partial charge on any atom is 0.238 e. The first-order valence-electron chi connectivity index (χ1n) is 18.6. The van der Waals surface area contributed by atoms with Gasteiger partial charge in [0.25, 0.3) is 0 Å². The average molecular weight is 703 g/mol. The van der Waals surface area contributed by atoms with Gasteiger partial charge in [-0.05, 0) is 63.4 Å². The second kappa shape index (κ2) is 11.3. The Kier molecular flexibility index (Phi) is 6.20. The maximum atomic E-state index is 6.64. The highest BCUT2D eigenvalue weighted by atomic mass is 16.5. The Morgan fingerprint density at radius 2 is 1.00 bits per heavy atom. The van der Waals surface area contributed by atoms with E-state index in [0.29, 0.717) is 17.6 Å². The van der Waals surface area contributed by atoms with Crippen LogP contribution in [0.4, 0.5) is 0 Å². The highest BCUT2D eigenvalue weighted by molar-refractivity contribution is 6.22. The third-order valence-electron chi connectivity index (χ3n) is 11.5. The first kappa shape index (κ1) is 30.1. The van der Waals surface area contributed by atoms with Crippen molar-refractivity contribution in [3.63, 3.8) is 0 Å². The van der Waals surface area contributed by atoms with Gasteiger partial charge >= 0.3 is 0 Å². The summed E-state index contributed by atoms with van der Waals surface area (Å²) in [6.07, 6.45) is 0. The monoisotopic (exact) mass is 702 g/mol. The number of fused-ring (bicyclic) bond motifs is 14. The van der Waals surface area contributed by atoms with Gasteiger partial charge in [0.15, 0.2) is 11.6 Å². The number of rotatable bonds is 3. The Balaban J connectivity index is 1.24. The number of nitrogens with zero attached hydrogens (tertiary/aromatic N) is 4. The zero-order chi connectivity index (χ0) is 36.1. The molecule has 0 saturated carbocycles. The van der Waals surface area contributed by atoms with Crippen molar-refractivity contribution in [2.24, 2.45) is 0 Å². The van der Waals surface area contributed by atoms with E-state index in [2.05, 4.69) is 150 Å². The maximum absolute atomic E-state index is 6.64. The van der Waals surface area contributed by atoms with Gasteiger partial charge in [-0.3, -0.25) is 4.57 Å². The van der Waals surface area contributed by atoms with Crippen LogP contribution in [0.15, 0.2) is 182 Å². The van der Waals surface area contributed by atoms with E-state index >= 15 is 0 Å². The van der Waals surface area contributed by atoms with Gasteiger partial charge in [-0.15, -0.1) is 0 Å². The third-order valence-corrected chi connectivity index (χ3v) is 11.5. The summed E-state index contributed by atoms with van der Waals surface area (Å²) in [5.41, 5.74) is 10.5. The Morgan fingerprint density at radius 3 is 1.69 bits per heavy atom. The molecular weight excluding hydrogens is 673 g/mol. The van der Waals surface area contributed by atoms with Gasteiger partial charge in [0.2, 0.25) is 5.95 Å². The molecule has 2 aromatic heterocycles. The summed E-state index contributed by atoms with van der Waals surface area (Å²) in [4.78, 5) is 15.5. The van der Waals surface area contributed by atoms with Crippen molar-refractivity contribution >= 4 is 32.6 Å². The highest BCUT2D eigenvalue weighted by Gasteiger charge is 2.51. The van der Waals surface area contributed by atoms with Crippen LogP contribution in [0.1, 0.15) is 22.3 Å². The van der Waals surface area contributed by atoms with Crippen LogP contribution in [0.25, 0.3) is 72.4 Å². The number of benzene rings is 8. The molecule has 3 heterocycles. The summed E-state index contributed by atoms with van der Waals surface area (Å²) in [6, 6.07) is 64.2. The smallest absolute Gasteiger partial charge is 0.238 e. The fourth-order valence-corrected chi connectivity index (χ4v) is 9.24. The topological polar surface area (TPSA) is 52.8 Å². The molecule has 5 nitrogen and oxygen atoms in total. The van der Waals surface area contributed by atoms with E-state index < -0.39 is 5.41 Å². The van der Waals surface area contributed by atoms with Crippen molar-refractivity contribution < 1.29 is 4.74 Å². The molecule has 1 spiro atoms. The van der Waals surface area contributed by atoms with Crippen LogP contribution in [-0.4, -0.2) is 19.5 Å². The summed E-state index contributed by atoms with van der Waals surface area (Å²) >= 11 is 0. The standard InChI is InChI=1S/C50H30N4O/c1-3-16-32(17-4-1)47-51-48(33-18-5-2-6-19-33)53-49(52-47)54-42-28-27-31-15-7-8-20-34(31)46(42)37-29-41-36(30-43(37)54)35-21-9-10-22-38(35)50(41)39-23-11-13-25-44(39)55-45-26-14-12-24-40(45)50/h1-30H. The summed E-state index contributed by atoms with van der Waals surface area (Å²) in [5.74, 6) is 3.58. The van der Waals surface area contributed by atoms with Crippen LogP contribution in [0.3, 0.4) is 0 Å². The minimum absolute atomic E-state index is 0.575. The van der Waals surface area contributed by atoms with E-state index in [0.717, 1.165) is 50.2 Å². The molecular formula is C50H30N4O. The summed E-state index contributed by atoms with van der Waals surface area (Å²) < 4.78 is 8.89.